The van der Waals surface area contributed by atoms with Gasteiger partial charge in [0.1, 0.15) is 0 Å². The molecule has 1 aliphatic heterocycles. The zero-order chi connectivity index (χ0) is 16.3. The first-order chi connectivity index (χ1) is 10.3. The van der Waals surface area contributed by atoms with E-state index in [1.54, 1.807) is 12.1 Å². The van der Waals surface area contributed by atoms with Crippen LogP contribution in [0.4, 0.5) is 0 Å². The second kappa shape index (κ2) is 8.13. The van der Waals surface area contributed by atoms with Crippen LogP contribution in [0.2, 0.25) is 0 Å². The third-order valence-electron chi connectivity index (χ3n) is 4.26. The Morgan fingerprint density at radius 2 is 1.91 bits per heavy atom. The van der Waals surface area contributed by atoms with Crippen LogP contribution in [0.15, 0.2) is 23.1 Å². The summed E-state index contributed by atoms with van der Waals surface area (Å²) in [6, 6.07) is 4.77. The number of carbonyl (C=O) groups is 1. The second-order valence-corrected chi connectivity index (χ2v) is 8.06. The van der Waals surface area contributed by atoms with Crippen molar-refractivity contribution in [3.63, 3.8) is 0 Å². The van der Waals surface area contributed by atoms with Crippen LogP contribution in [-0.4, -0.2) is 52.2 Å². The third kappa shape index (κ3) is 4.93. The number of likely N-dealkylation sites (tertiary alicyclic amines) is 1. The van der Waals surface area contributed by atoms with Gasteiger partial charge < -0.3 is 10.2 Å². The Balaban J connectivity index is 0.00000264. The molecule has 1 saturated heterocycles. The minimum atomic E-state index is -3.30. The fourth-order valence-electron chi connectivity index (χ4n) is 2.86. The van der Waals surface area contributed by atoms with Crippen molar-refractivity contribution in [3.8, 4) is 0 Å². The molecular weight excluding hydrogens is 336 g/mol. The average Bonchev–Trinajstić information content (AvgIpc) is 2.47. The summed E-state index contributed by atoms with van der Waals surface area (Å²) >= 11 is 0. The van der Waals surface area contributed by atoms with Gasteiger partial charge >= 0.3 is 0 Å². The van der Waals surface area contributed by atoms with Crippen LogP contribution in [0.25, 0.3) is 0 Å². The molecule has 1 aliphatic rings. The Morgan fingerprint density at radius 1 is 1.30 bits per heavy atom. The van der Waals surface area contributed by atoms with E-state index in [1.165, 1.54) is 6.07 Å². The fraction of sp³-hybridized carbons (Fsp3) is 0.562. The normalized spacial score (nSPS) is 16.0. The summed E-state index contributed by atoms with van der Waals surface area (Å²) in [6.45, 7) is 4.28. The molecule has 7 heteroatoms. The molecule has 0 bridgehead atoms. The minimum Gasteiger partial charge on any atom is -0.339 e. The van der Waals surface area contributed by atoms with Crippen molar-refractivity contribution in [2.45, 2.75) is 24.7 Å². The molecule has 2 rings (SSSR count). The number of piperidine rings is 1. The second-order valence-electron chi connectivity index (χ2n) is 6.04. The van der Waals surface area contributed by atoms with Gasteiger partial charge in [-0.05, 0) is 57.0 Å². The van der Waals surface area contributed by atoms with Crippen molar-refractivity contribution in [2.75, 3.05) is 32.9 Å². The summed E-state index contributed by atoms with van der Waals surface area (Å²) in [5, 5.41) is 3.18. The van der Waals surface area contributed by atoms with E-state index in [2.05, 4.69) is 5.32 Å². The van der Waals surface area contributed by atoms with Gasteiger partial charge in [-0.15, -0.1) is 12.4 Å². The lowest BCUT2D eigenvalue weighted by molar-refractivity contribution is 0.0690. The van der Waals surface area contributed by atoms with E-state index >= 15 is 0 Å². The number of hydrogen-bond acceptors (Lipinski definition) is 4. The highest BCUT2D eigenvalue weighted by Gasteiger charge is 2.25. The molecule has 1 fully saturated rings. The summed E-state index contributed by atoms with van der Waals surface area (Å²) in [4.78, 5) is 14.7. The van der Waals surface area contributed by atoms with Crippen molar-refractivity contribution < 1.29 is 13.2 Å². The van der Waals surface area contributed by atoms with Gasteiger partial charge in [-0.3, -0.25) is 4.79 Å². The summed E-state index contributed by atoms with van der Waals surface area (Å²) in [5.41, 5.74) is 1.31. The topological polar surface area (TPSA) is 66.5 Å². The van der Waals surface area contributed by atoms with E-state index in [0.717, 1.165) is 44.3 Å². The Hall–Kier alpha value is -1.11. The lowest BCUT2D eigenvalue weighted by Crippen LogP contribution is -2.40. The van der Waals surface area contributed by atoms with Crippen molar-refractivity contribution in [1.82, 2.24) is 10.2 Å². The number of aryl methyl sites for hydroxylation is 1. The first-order valence-electron chi connectivity index (χ1n) is 7.57. The molecule has 0 radical (unpaired) electrons. The molecule has 0 aromatic heterocycles. The summed E-state index contributed by atoms with van der Waals surface area (Å²) in [5.74, 6) is 0.545. The molecule has 130 valence electrons. The highest BCUT2D eigenvalue weighted by atomic mass is 35.5. The fourth-order valence-corrected chi connectivity index (χ4v) is 3.51. The Morgan fingerprint density at radius 3 is 2.43 bits per heavy atom. The van der Waals surface area contributed by atoms with Gasteiger partial charge in [0.05, 0.1) is 4.90 Å². The minimum absolute atomic E-state index is 0. The molecule has 1 heterocycles. The van der Waals surface area contributed by atoms with E-state index in [1.807, 2.05) is 18.9 Å². The summed E-state index contributed by atoms with van der Waals surface area (Å²) < 4.78 is 23.4. The monoisotopic (exact) mass is 360 g/mol. The van der Waals surface area contributed by atoms with Gasteiger partial charge in [0.2, 0.25) is 0 Å². The van der Waals surface area contributed by atoms with E-state index < -0.39 is 9.84 Å². The zero-order valence-corrected chi connectivity index (χ0v) is 15.5. The Labute approximate surface area is 144 Å². The van der Waals surface area contributed by atoms with E-state index in [-0.39, 0.29) is 23.2 Å². The first kappa shape index (κ1) is 19.9. The van der Waals surface area contributed by atoms with Crippen molar-refractivity contribution >= 4 is 28.2 Å². The van der Waals surface area contributed by atoms with Gasteiger partial charge in [0.15, 0.2) is 9.84 Å². The van der Waals surface area contributed by atoms with Crippen LogP contribution in [0.1, 0.15) is 28.8 Å². The largest absolute Gasteiger partial charge is 0.339 e. The van der Waals surface area contributed by atoms with Crippen molar-refractivity contribution in [3.05, 3.63) is 29.3 Å². The zero-order valence-electron chi connectivity index (χ0n) is 13.8. The number of nitrogens with one attached hydrogen (secondary N) is 1. The number of rotatable bonds is 4. The van der Waals surface area contributed by atoms with Gasteiger partial charge in [0, 0.05) is 24.9 Å². The lowest BCUT2D eigenvalue weighted by Gasteiger charge is -2.32. The SMILES string of the molecule is CNCC1CCN(C(=O)c2cc(S(C)(=O)=O)ccc2C)CC1.Cl. The number of nitrogens with zero attached hydrogens (tertiary/aromatic N) is 1. The highest BCUT2D eigenvalue weighted by Crippen LogP contribution is 2.21. The molecular formula is C16H25ClN2O3S. The molecule has 5 nitrogen and oxygen atoms in total. The lowest BCUT2D eigenvalue weighted by atomic mass is 9.96. The smallest absolute Gasteiger partial charge is 0.254 e. The van der Waals surface area contributed by atoms with Crippen LogP contribution in [0.3, 0.4) is 0 Å². The van der Waals surface area contributed by atoms with Gasteiger partial charge in [0.25, 0.3) is 5.91 Å². The van der Waals surface area contributed by atoms with E-state index in [9.17, 15) is 13.2 Å². The maximum absolute atomic E-state index is 12.7. The predicted molar refractivity (Wildman–Crippen MR) is 94.1 cm³/mol. The predicted octanol–water partition coefficient (Wildman–Crippen LogP) is 1.89. The van der Waals surface area contributed by atoms with E-state index in [4.69, 9.17) is 0 Å². The van der Waals surface area contributed by atoms with Crippen LogP contribution >= 0.6 is 12.4 Å². The van der Waals surface area contributed by atoms with Crippen LogP contribution in [0, 0.1) is 12.8 Å². The van der Waals surface area contributed by atoms with Crippen molar-refractivity contribution in [2.24, 2.45) is 5.92 Å². The molecule has 1 aromatic rings. The number of halogens is 1. The van der Waals surface area contributed by atoms with Crippen LogP contribution in [0.5, 0.6) is 0 Å². The molecule has 1 N–H and O–H groups in total. The molecule has 0 saturated carbocycles. The molecule has 0 unspecified atom stereocenters. The standard InChI is InChI=1S/C16H24N2O3S.ClH/c1-12-4-5-14(22(3,20)21)10-15(12)16(19)18-8-6-13(7-9-18)11-17-2;/h4-5,10,13,17H,6-9,11H2,1-3H3;1H. The Kier molecular flexibility index (Phi) is 7.04. The number of amides is 1. The number of carbonyl (C=O) groups excluding carboxylic acids is 1. The maximum Gasteiger partial charge on any atom is 0.254 e. The Bertz CT molecular complexity index is 653. The molecule has 23 heavy (non-hydrogen) atoms. The van der Waals surface area contributed by atoms with Crippen LogP contribution < -0.4 is 5.32 Å². The molecule has 0 atom stereocenters. The van der Waals surface area contributed by atoms with Crippen molar-refractivity contribution in [1.29, 1.82) is 0 Å². The number of sulfone groups is 1. The molecule has 0 spiro atoms. The number of hydrogen-bond donors (Lipinski definition) is 1. The highest BCUT2D eigenvalue weighted by molar-refractivity contribution is 7.90. The molecule has 0 aliphatic carbocycles. The van der Waals surface area contributed by atoms with Crippen LogP contribution in [-0.2, 0) is 9.84 Å². The molecule has 1 amide bonds. The van der Waals surface area contributed by atoms with Gasteiger partial charge in [-0.2, -0.15) is 0 Å². The van der Waals surface area contributed by atoms with E-state index in [0.29, 0.717) is 11.5 Å². The number of benzene rings is 1. The van der Waals surface area contributed by atoms with Gasteiger partial charge in [-0.1, -0.05) is 6.07 Å². The van der Waals surface area contributed by atoms with Gasteiger partial charge in [-0.25, -0.2) is 8.42 Å². The maximum atomic E-state index is 12.7. The third-order valence-corrected chi connectivity index (χ3v) is 5.37. The summed E-state index contributed by atoms with van der Waals surface area (Å²) in [7, 11) is -1.36. The average molecular weight is 361 g/mol. The summed E-state index contributed by atoms with van der Waals surface area (Å²) in [6.07, 6.45) is 3.13. The molecule has 1 aromatic carbocycles. The first-order valence-corrected chi connectivity index (χ1v) is 9.46. The quantitative estimate of drug-likeness (QED) is 0.890.